The van der Waals surface area contributed by atoms with E-state index in [0.717, 1.165) is 6.42 Å². The molecular weight excluding hydrogens is 192 g/mol. The van der Waals surface area contributed by atoms with Crippen molar-refractivity contribution >= 4 is 12.0 Å². The Kier molecular flexibility index (Phi) is 4.15. The van der Waals surface area contributed by atoms with Crippen LogP contribution in [-0.4, -0.2) is 18.5 Å². The van der Waals surface area contributed by atoms with Gasteiger partial charge in [0.25, 0.3) is 0 Å². The number of carbonyl (C=O) groups is 1. The van der Waals surface area contributed by atoms with Crippen molar-refractivity contribution in [2.75, 3.05) is 6.54 Å². The van der Waals surface area contributed by atoms with Gasteiger partial charge in [-0.1, -0.05) is 30.3 Å². The third kappa shape index (κ3) is 4.66. The second kappa shape index (κ2) is 5.64. The summed E-state index contributed by atoms with van der Waals surface area (Å²) in [6.07, 6.45) is 0.795. The Bertz CT molecular complexity index is 337. The van der Waals surface area contributed by atoms with Crippen molar-refractivity contribution < 1.29 is 4.79 Å². The van der Waals surface area contributed by atoms with Crippen LogP contribution in [-0.2, 0) is 6.42 Å². The van der Waals surface area contributed by atoms with Crippen LogP contribution in [0.4, 0.5) is 4.79 Å². The van der Waals surface area contributed by atoms with E-state index in [2.05, 4.69) is 10.6 Å². The predicted molar refractivity (Wildman–Crippen MR) is 58.6 cm³/mol. The Morgan fingerprint density at radius 1 is 1.33 bits per heavy atom. The molecule has 5 heteroatoms. The van der Waals surface area contributed by atoms with Gasteiger partial charge in [-0.05, 0) is 12.0 Å². The number of benzene rings is 1. The summed E-state index contributed by atoms with van der Waals surface area (Å²) in [6.45, 7) is 0.586. The van der Waals surface area contributed by atoms with Crippen molar-refractivity contribution in [2.24, 2.45) is 5.73 Å². The molecule has 0 aromatic heterocycles. The van der Waals surface area contributed by atoms with Gasteiger partial charge in [0, 0.05) is 6.54 Å². The van der Waals surface area contributed by atoms with Crippen molar-refractivity contribution in [3.8, 4) is 0 Å². The van der Waals surface area contributed by atoms with Gasteiger partial charge in [0.15, 0.2) is 5.96 Å². The molecule has 1 rings (SSSR count). The Hall–Kier alpha value is -2.04. The first-order valence-electron chi connectivity index (χ1n) is 4.61. The topological polar surface area (TPSA) is 91.0 Å². The zero-order chi connectivity index (χ0) is 11.1. The number of hydrogen-bond donors (Lipinski definition) is 4. The van der Waals surface area contributed by atoms with E-state index >= 15 is 0 Å². The largest absolute Gasteiger partial charge is 0.356 e. The lowest BCUT2D eigenvalue weighted by atomic mass is 10.1. The smallest absolute Gasteiger partial charge is 0.318 e. The van der Waals surface area contributed by atoms with Crippen LogP contribution in [0.25, 0.3) is 0 Å². The van der Waals surface area contributed by atoms with Crippen molar-refractivity contribution in [3.05, 3.63) is 35.9 Å². The van der Waals surface area contributed by atoms with Gasteiger partial charge in [-0.3, -0.25) is 10.7 Å². The van der Waals surface area contributed by atoms with Gasteiger partial charge in [-0.2, -0.15) is 0 Å². The van der Waals surface area contributed by atoms with Gasteiger partial charge in [0.1, 0.15) is 0 Å². The van der Waals surface area contributed by atoms with Gasteiger partial charge in [0.2, 0.25) is 0 Å². The molecule has 0 unspecified atom stereocenters. The molecule has 2 amide bonds. The van der Waals surface area contributed by atoms with E-state index in [9.17, 15) is 4.79 Å². The Balaban J connectivity index is 2.22. The molecule has 5 N–H and O–H groups in total. The molecule has 80 valence electrons. The third-order valence-corrected chi connectivity index (χ3v) is 1.81. The molecular formula is C10H14N4O. The highest BCUT2D eigenvalue weighted by Gasteiger charge is 1.97. The first kappa shape index (κ1) is 11.0. The van der Waals surface area contributed by atoms with E-state index in [-0.39, 0.29) is 5.96 Å². The van der Waals surface area contributed by atoms with Gasteiger partial charge >= 0.3 is 6.03 Å². The Morgan fingerprint density at radius 3 is 2.60 bits per heavy atom. The van der Waals surface area contributed by atoms with E-state index in [4.69, 9.17) is 11.1 Å². The molecule has 0 aliphatic rings. The third-order valence-electron chi connectivity index (χ3n) is 1.81. The van der Waals surface area contributed by atoms with Crippen LogP contribution in [0, 0.1) is 5.41 Å². The van der Waals surface area contributed by atoms with Crippen molar-refractivity contribution in [1.29, 1.82) is 5.41 Å². The standard InChI is InChI=1S/C10H14N4O/c11-9(14-10(12)15)13-7-6-8-4-2-1-3-5-8/h1-5H,6-7H2,(H5,11,12,13,14,15). The van der Waals surface area contributed by atoms with Crippen LogP contribution in [0.15, 0.2) is 30.3 Å². The molecule has 0 aliphatic heterocycles. The minimum atomic E-state index is -0.729. The average Bonchev–Trinajstić information content (AvgIpc) is 2.18. The molecule has 0 fully saturated rings. The zero-order valence-electron chi connectivity index (χ0n) is 8.29. The monoisotopic (exact) mass is 206 g/mol. The average molecular weight is 206 g/mol. The van der Waals surface area contributed by atoms with Gasteiger partial charge < -0.3 is 11.1 Å². The molecule has 0 aliphatic carbocycles. The van der Waals surface area contributed by atoms with Crippen LogP contribution < -0.4 is 16.4 Å². The molecule has 1 aromatic rings. The highest BCUT2D eigenvalue weighted by atomic mass is 16.2. The first-order chi connectivity index (χ1) is 7.18. The summed E-state index contributed by atoms with van der Waals surface area (Å²) in [4.78, 5) is 10.4. The lowest BCUT2D eigenvalue weighted by Crippen LogP contribution is -2.43. The number of urea groups is 1. The lowest BCUT2D eigenvalue weighted by molar-refractivity contribution is 0.253. The number of hydrogen-bond acceptors (Lipinski definition) is 2. The Labute approximate surface area is 88.2 Å². The van der Waals surface area contributed by atoms with Crippen LogP contribution in [0.1, 0.15) is 5.56 Å². The van der Waals surface area contributed by atoms with E-state index in [0.29, 0.717) is 6.54 Å². The van der Waals surface area contributed by atoms with E-state index < -0.39 is 6.03 Å². The molecule has 0 atom stereocenters. The maximum Gasteiger partial charge on any atom is 0.318 e. The number of primary amides is 1. The summed E-state index contributed by atoms with van der Waals surface area (Å²) < 4.78 is 0. The number of rotatable bonds is 3. The molecule has 0 spiro atoms. The normalized spacial score (nSPS) is 9.33. The molecule has 0 bridgehead atoms. The van der Waals surface area contributed by atoms with Gasteiger partial charge in [-0.25, -0.2) is 4.79 Å². The second-order valence-electron chi connectivity index (χ2n) is 3.03. The number of guanidine groups is 1. The molecule has 0 saturated heterocycles. The molecule has 0 saturated carbocycles. The molecule has 0 radical (unpaired) electrons. The lowest BCUT2D eigenvalue weighted by Gasteiger charge is -2.07. The van der Waals surface area contributed by atoms with Crippen molar-refractivity contribution in [2.45, 2.75) is 6.42 Å². The van der Waals surface area contributed by atoms with E-state index in [1.165, 1.54) is 5.56 Å². The van der Waals surface area contributed by atoms with Crippen LogP contribution >= 0.6 is 0 Å². The fraction of sp³-hybridized carbons (Fsp3) is 0.200. The van der Waals surface area contributed by atoms with Crippen molar-refractivity contribution in [3.63, 3.8) is 0 Å². The van der Waals surface area contributed by atoms with Crippen LogP contribution in [0.2, 0.25) is 0 Å². The molecule has 15 heavy (non-hydrogen) atoms. The highest BCUT2D eigenvalue weighted by Crippen LogP contribution is 1.97. The maximum absolute atomic E-state index is 10.4. The predicted octanol–water partition coefficient (Wildman–Crippen LogP) is 0.422. The summed E-state index contributed by atoms with van der Waals surface area (Å²) in [5, 5.41) is 12.1. The second-order valence-corrected chi connectivity index (χ2v) is 3.03. The highest BCUT2D eigenvalue weighted by molar-refractivity contribution is 5.93. The number of amides is 2. The zero-order valence-corrected chi connectivity index (χ0v) is 8.29. The molecule has 0 heterocycles. The summed E-state index contributed by atoms with van der Waals surface area (Å²) in [7, 11) is 0. The Morgan fingerprint density at radius 2 is 2.00 bits per heavy atom. The molecule has 5 nitrogen and oxygen atoms in total. The van der Waals surface area contributed by atoms with E-state index in [1.54, 1.807) is 0 Å². The summed E-state index contributed by atoms with van der Waals surface area (Å²) in [6, 6.07) is 9.16. The number of nitrogens with one attached hydrogen (secondary N) is 3. The summed E-state index contributed by atoms with van der Waals surface area (Å²) >= 11 is 0. The fourth-order valence-corrected chi connectivity index (χ4v) is 1.14. The first-order valence-corrected chi connectivity index (χ1v) is 4.61. The van der Waals surface area contributed by atoms with Crippen LogP contribution in [0.3, 0.4) is 0 Å². The summed E-state index contributed by atoms with van der Waals surface area (Å²) in [5.41, 5.74) is 6.02. The van der Waals surface area contributed by atoms with E-state index in [1.807, 2.05) is 30.3 Å². The fourth-order valence-electron chi connectivity index (χ4n) is 1.14. The SMILES string of the molecule is N=C(NCCc1ccccc1)NC(N)=O. The molecule has 1 aromatic carbocycles. The maximum atomic E-state index is 10.4. The van der Waals surface area contributed by atoms with Crippen LogP contribution in [0.5, 0.6) is 0 Å². The van der Waals surface area contributed by atoms with Gasteiger partial charge in [-0.15, -0.1) is 0 Å². The number of carbonyl (C=O) groups excluding carboxylic acids is 1. The number of nitrogens with two attached hydrogens (primary N) is 1. The summed E-state index contributed by atoms with van der Waals surface area (Å²) in [5.74, 6) is -0.0709. The van der Waals surface area contributed by atoms with Gasteiger partial charge in [0.05, 0.1) is 0 Å². The minimum Gasteiger partial charge on any atom is -0.356 e. The van der Waals surface area contributed by atoms with Crippen molar-refractivity contribution in [1.82, 2.24) is 10.6 Å². The quantitative estimate of drug-likeness (QED) is 0.426. The minimum absolute atomic E-state index is 0.0709.